The Morgan fingerprint density at radius 2 is 1.45 bits per heavy atom. The number of ether oxygens (including phenoxy) is 1. The van der Waals surface area contributed by atoms with Crippen LogP contribution in [0.4, 0.5) is 5.69 Å². The molecule has 29 heavy (non-hydrogen) atoms. The fourth-order valence-corrected chi connectivity index (χ4v) is 3.27. The molecule has 0 bridgehead atoms. The number of fused-ring (bicyclic) bond motifs is 3. The average Bonchev–Trinajstić information content (AvgIpc) is 3.06. The van der Waals surface area contributed by atoms with E-state index in [4.69, 9.17) is 4.74 Å². The van der Waals surface area contributed by atoms with E-state index in [1.807, 2.05) is 48.5 Å². The van der Waals surface area contributed by atoms with Gasteiger partial charge in [0.1, 0.15) is 0 Å². The lowest BCUT2D eigenvalue weighted by molar-refractivity contribution is -0.386. The monoisotopic (exact) mass is 387 g/mol. The Morgan fingerprint density at radius 3 is 2.03 bits per heavy atom. The smallest absolute Gasteiger partial charge is 0.310 e. The molecule has 7 nitrogen and oxygen atoms in total. The maximum atomic E-state index is 12.5. The Hall–Kier alpha value is -4.00. The Balaban J connectivity index is 1.55. The van der Waals surface area contributed by atoms with Crippen LogP contribution in [0.1, 0.15) is 18.1 Å². The number of hydrogen-bond donors (Lipinski definition) is 1. The van der Waals surface area contributed by atoms with Gasteiger partial charge in [0.05, 0.1) is 10.6 Å². The number of nitrogens with zero attached hydrogens (tertiary/aromatic N) is 2. The first kappa shape index (κ1) is 18.4. The molecule has 1 aliphatic carbocycles. The van der Waals surface area contributed by atoms with Crippen LogP contribution in [0, 0.1) is 10.1 Å². The number of amides is 1. The van der Waals surface area contributed by atoms with Gasteiger partial charge in [0.15, 0.2) is 11.9 Å². The summed E-state index contributed by atoms with van der Waals surface area (Å²) in [7, 11) is 0. The van der Waals surface area contributed by atoms with Gasteiger partial charge in [0.25, 0.3) is 5.91 Å². The number of hydrazone groups is 1. The van der Waals surface area contributed by atoms with Crippen molar-refractivity contribution in [1.82, 2.24) is 5.43 Å². The standard InChI is InChI=1S/C22H17N3O4/c1-14(29-20-13-7-6-12-19(20)25(27)28)22(26)24-23-21-17-10-4-2-8-15(17)16-9-3-5-11-18(16)21/h2-14H,1H3,(H,24,26)/t14-/m0/s1. The summed E-state index contributed by atoms with van der Waals surface area (Å²) in [5.41, 5.74) is 6.98. The van der Waals surface area contributed by atoms with Gasteiger partial charge in [-0.1, -0.05) is 60.7 Å². The van der Waals surface area contributed by atoms with E-state index in [0.29, 0.717) is 5.71 Å². The predicted molar refractivity (Wildman–Crippen MR) is 109 cm³/mol. The third kappa shape index (κ3) is 3.45. The molecule has 1 atom stereocenters. The summed E-state index contributed by atoms with van der Waals surface area (Å²) in [6.07, 6.45) is -0.965. The van der Waals surface area contributed by atoms with Crippen LogP contribution in [0.2, 0.25) is 0 Å². The van der Waals surface area contributed by atoms with Gasteiger partial charge in [-0.25, -0.2) is 5.43 Å². The molecule has 1 amide bonds. The van der Waals surface area contributed by atoms with Crippen LogP contribution in [0.25, 0.3) is 11.1 Å². The van der Waals surface area contributed by atoms with Gasteiger partial charge in [-0.3, -0.25) is 14.9 Å². The molecule has 0 unspecified atom stereocenters. The van der Waals surface area contributed by atoms with E-state index < -0.39 is 16.9 Å². The van der Waals surface area contributed by atoms with Gasteiger partial charge in [-0.15, -0.1) is 0 Å². The van der Waals surface area contributed by atoms with Crippen molar-refractivity contribution in [3.63, 3.8) is 0 Å². The van der Waals surface area contributed by atoms with E-state index in [1.54, 1.807) is 6.07 Å². The maximum absolute atomic E-state index is 12.5. The van der Waals surface area contributed by atoms with Crippen molar-refractivity contribution in [2.75, 3.05) is 0 Å². The highest BCUT2D eigenvalue weighted by Gasteiger charge is 2.25. The molecule has 0 saturated heterocycles. The Labute approximate surface area is 166 Å². The fraction of sp³-hybridized carbons (Fsp3) is 0.0909. The second-order valence-electron chi connectivity index (χ2n) is 6.51. The van der Waals surface area contributed by atoms with E-state index >= 15 is 0 Å². The predicted octanol–water partition coefficient (Wildman–Crippen LogP) is 3.91. The zero-order valence-corrected chi connectivity index (χ0v) is 15.5. The van der Waals surface area contributed by atoms with E-state index in [2.05, 4.69) is 10.5 Å². The number of carbonyl (C=O) groups is 1. The molecule has 4 rings (SSSR count). The number of benzene rings is 3. The number of nitro benzene ring substituents is 1. The minimum Gasteiger partial charge on any atom is -0.474 e. The molecule has 0 fully saturated rings. The van der Waals surface area contributed by atoms with Crippen LogP contribution in [0.5, 0.6) is 5.75 Å². The van der Waals surface area contributed by atoms with Gasteiger partial charge in [-0.05, 0) is 24.1 Å². The van der Waals surface area contributed by atoms with Gasteiger partial charge >= 0.3 is 5.69 Å². The first-order chi connectivity index (χ1) is 14.1. The van der Waals surface area contributed by atoms with Crippen LogP contribution >= 0.6 is 0 Å². The Kier molecular flexibility index (Phi) is 4.78. The number of carbonyl (C=O) groups excluding carboxylic acids is 1. The summed E-state index contributed by atoms with van der Waals surface area (Å²) in [4.78, 5) is 23.1. The van der Waals surface area contributed by atoms with E-state index in [1.165, 1.54) is 25.1 Å². The van der Waals surface area contributed by atoms with Gasteiger partial charge in [0, 0.05) is 17.2 Å². The van der Waals surface area contributed by atoms with Crippen molar-refractivity contribution < 1.29 is 14.5 Å². The van der Waals surface area contributed by atoms with E-state index in [-0.39, 0.29) is 11.4 Å². The zero-order valence-electron chi connectivity index (χ0n) is 15.5. The molecule has 1 N–H and O–H groups in total. The number of nitrogens with one attached hydrogen (secondary N) is 1. The average molecular weight is 387 g/mol. The first-order valence-electron chi connectivity index (χ1n) is 9.03. The molecule has 0 aromatic heterocycles. The van der Waals surface area contributed by atoms with Crippen molar-refractivity contribution in [3.8, 4) is 16.9 Å². The second kappa shape index (κ2) is 7.55. The molecule has 3 aromatic rings. The normalized spacial score (nSPS) is 12.5. The highest BCUT2D eigenvalue weighted by molar-refractivity contribution is 6.24. The van der Waals surface area contributed by atoms with Crippen LogP contribution in [0.15, 0.2) is 77.9 Å². The van der Waals surface area contributed by atoms with Crippen LogP contribution in [-0.2, 0) is 4.79 Å². The van der Waals surface area contributed by atoms with E-state index in [9.17, 15) is 14.9 Å². The first-order valence-corrected chi connectivity index (χ1v) is 9.03. The quantitative estimate of drug-likeness (QED) is 0.415. The molecule has 0 saturated carbocycles. The van der Waals surface area contributed by atoms with Crippen LogP contribution in [0.3, 0.4) is 0 Å². The van der Waals surface area contributed by atoms with Crippen molar-refractivity contribution in [2.45, 2.75) is 13.0 Å². The highest BCUT2D eigenvalue weighted by atomic mass is 16.6. The molecular formula is C22H17N3O4. The third-order valence-corrected chi connectivity index (χ3v) is 4.67. The number of hydrogen-bond acceptors (Lipinski definition) is 5. The van der Waals surface area contributed by atoms with Crippen molar-refractivity contribution in [2.24, 2.45) is 5.10 Å². The zero-order chi connectivity index (χ0) is 20.4. The van der Waals surface area contributed by atoms with Gasteiger partial charge in [0.2, 0.25) is 0 Å². The highest BCUT2D eigenvalue weighted by Crippen LogP contribution is 2.36. The molecular weight excluding hydrogens is 370 g/mol. The lowest BCUT2D eigenvalue weighted by Crippen LogP contribution is -2.34. The summed E-state index contributed by atoms with van der Waals surface area (Å²) in [5, 5.41) is 15.4. The molecule has 0 heterocycles. The van der Waals surface area contributed by atoms with Gasteiger partial charge in [-0.2, -0.15) is 5.10 Å². The molecule has 144 valence electrons. The minimum absolute atomic E-state index is 0.0318. The fourth-order valence-electron chi connectivity index (χ4n) is 3.27. The summed E-state index contributed by atoms with van der Waals surface area (Å²) in [6, 6.07) is 21.6. The SMILES string of the molecule is C[C@H](Oc1ccccc1[N+](=O)[O-])C(=O)NN=C1c2ccccc2-c2ccccc21. The van der Waals surface area contributed by atoms with Gasteiger partial charge < -0.3 is 4.74 Å². The Bertz CT molecular complexity index is 1090. The van der Waals surface area contributed by atoms with Crippen molar-refractivity contribution >= 4 is 17.3 Å². The molecule has 3 aromatic carbocycles. The lowest BCUT2D eigenvalue weighted by Gasteiger charge is -2.13. The topological polar surface area (TPSA) is 93.8 Å². The summed E-state index contributed by atoms with van der Waals surface area (Å²) >= 11 is 0. The van der Waals surface area contributed by atoms with Crippen molar-refractivity contribution in [1.29, 1.82) is 0 Å². The van der Waals surface area contributed by atoms with Crippen LogP contribution in [-0.4, -0.2) is 22.6 Å². The molecule has 0 radical (unpaired) electrons. The molecule has 0 aliphatic heterocycles. The number of rotatable bonds is 5. The van der Waals surface area contributed by atoms with E-state index in [0.717, 1.165) is 22.3 Å². The lowest BCUT2D eigenvalue weighted by atomic mass is 10.1. The number of nitro groups is 1. The van der Waals surface area contributed by atoms with Crippen molar-refractivity contribution in [3.05, 3.63) is 94.0 Å². The largest absolute Gasteiger partial charge is 0.474 e. The number of para-hydroxylation sites is 2. The maximum Gasteiger partial charge on any atom is 0.310 e. The summed E-state index contributed by atoms with van der Waals surface area (Å²) in [6.45, 7) is 1.52. The Morgan fingerprint density at radius 1 is 0.931 bits per heavy atom. The molecule has 7 heteroatoms. The minimum atomic E-state index is -0.965. The molecule has 0 spiro atoms. The molecule has 1 aliphatic rings. The third-order valence-electron chi connectivity index (χ3n) is 4.67. The summed E-state index contributed by atoms with van der Waals surface area (Å²) < 4.78 is 5.50. The van der Waals surface area contributed by atoms with Crippen LogP contribution < -0.4 is 10.2 Å². The summed E-state index contributed by atoms with van der Waals surface area (Å²) in [5.74, 6) is -0.470. The second-order valence-corrected chi connectivity index (χ2v) is 6.51.